The maximum Gasteiger partial charge on any atom is 0.214 e. The van der Waals surface area contributed by atoms with Gasteiger partial charge in [-0.15, -0.1) is 0 Å². The van der Waals surface area contributed by atoms with Crippen LogP contribution in [-0.2, 0) is 0 Å². The lowest BCUT2D eigenvalue weighted by atomic mass is 11.2. The molecule has 29 valence electrons. The highest BCUT2D eigenvalue weighted by Crippen LogP contribution is 1.98. The van der Waals surface area contributed by atoms with Crippen molar-refractivity contribution >= 4 is 12.6 Å². The lowest BCUT2D eigenvalue weighted by Crippen LogP contribution is -1.39. The molecule has 5 heavy (non-hydrogen) atoms. The second-order valence-electron chi connectivity index (χ2n) is 0.413. The Labute approximate surface area is 33.9 Å². The van der Waals surface area contributed by atoms with Gasteiger partial charge < -0.3 is 0 Å². The average molecular weight is 95.1 g/mol. The van der Waals surface area contributed by atoms with E-state index in [0.29, 0.717) is 0 Å². The molecule has 0 aromatic rings. The lowest BCUT2D eigenvalue weighted by Gasteiger charge is -1.61. The van der Waals surface area contributed by atoms with E-state index in [1.807, 2.05) is 0 Å². The molecule has 0 bridgehead atoms. The van der Waals surface area contributed by atoms with Crippen LogP contribution < -0.4 is 0 Å². The van der Waals surface area contributed by atoms with E-state index in [9.17, 15) is 8.78 Å². The van der Waals surface area contributed by atoms with Crippen LogP contribution in [0.5, 0.6) is 0 Å². The molecule has 0 unspecified atom stereocenters. The van der Waals surface area contributed by atoms with Crippen molar-refractivity contribution in [3.8, 4) is 0 Å². The van der Waals surface area contributed by atoms with Crippen molar-refractivity contribution in [1.82, 2.24) is 0 Å². The van der Waals surface area contributed by atoms with Crippen LogP contribution in [0, 0.1) is 0 Å². The van der Waals surface area contributed by atoms with Crippen LogP contribution in [0.3, 0.4) is 0 Å². The van der Waals surface area contributed by atoms with E-state index < -0.39 is 5.16 Å². The van der Waals surface area contributed by atoms with Crippen molar-refractivity contribution in [1.29, 1.82) is 0 Å². The summed E-state index contributed by atoms with van der Waals surface area (Å²) in [5.74, 6) is 0. The van der Waals surface area contributed by atoms with Crippen LogP contribution in [0.25, 0.3) is 0 Å². The summed E-state index contributed by atoms with van der Waals surface area (Å²) in [6.45, 7) is 0. The zero-order valence-corrected chi connectivity index (χ0v) is 3.06. The largest absolute Gasteiger partial charge is 0.214 e. The quantitative estimate of drug-likeness (QED) is 0.431. The van der Waals surface area contributed by atoms with Crippen LogP contribution >= 0.6 is 12.6 Å². The molecular formula is C2HF2S. The Morgan fingerprint density at radius 1 is 1.80 bits per heavy atom. The smallest absolute Gasteiger partial charge is 0.211 e. The fourth-order valence-corrected chi connectivity index (χ4v) is 0. The first-order chi connectivity index (χ1) is 2.27. The number of halogens is 2. The third-order valence-electron chi connectivity index (χ3n) is 0.0858. The summed E-state index contributed by atoms with van der Waals surface area (Å²) in [5.41, 5.74) is 0. The highest BCUT2D eigenvalue weighted by Gasteiger charge is 1.75. The fraction of sp³-hybridized carbons (Fsp3) is 0. The number of rotatable bonds is 0. The molecule has 0 N–H and O–H groups in total. The van der Waals surface area contributed by atoms with Crippen molar-refractivity contribution in [2.45, 2.75) is 0 Å². The van der Waals surface area contributed by atoms with E-state index in [-0.39, 0.29) is 6.33 Å². The molecular weight excluding hydrogens is 94.1 g/mol. The molecule has 0 aromatic heterocycles. The zero-order valence-electron chi connectivity index (χ0n) is 2.24. The third kappa shape index (κ3) is 3.82. The summed E-state index contributed by atoms with van der Waals surface area (Å²) >= 11 is 3.60. The minimum absolute atomic E-state index is 0.269. The Morgan fingerprint density at radius 2 is 2.00 bits per heavy atom. The summed E-state index contributed by atoms with van der Waals surface area (Å²) in [6, 6.07) is 0. The van der Waals surface area contributed by atoms with Gasteiger partial charge in [0.05, 0.1) is 0 Å². The predicted octanol–water partition coefficient (Wildman–Crippen LogP) is 1.92. The van der Waals surface area contributed by atoms with Crippen molar-refractivity contribution in [3.05, 3.63) is 11.5 Å². The van der Waals surface area contributed by atoms with E-state index >= 15 is 0 Å². The fourth-order valence-electron chi connectivity index (χ4n) is 0. The molecule has 0 heterocycles. The summed E-state index contributed by atoms with van der Waals surface area (Å²) < 4.78 is 21.2. The molecule has 0 saturated heterocycles. The van der Waals surface area contributed by atoms with Gasteiger partial charge in [0.25, 0.3) is 0 Å². The van der Waals surface area contributed by atoms with Crippen LogP contribution in [0.2, 0.25) is 0 Å². The monoisotopic (exact) mass is 95.0 g/mol. The topological polar surface area (TPSA) is 0 Å². The van der Waals surface area contributed by atoms with E-state index in [0.717, 1.165) is 0 Å². The molecule has 0 aliphatic rings. The average Bonchev–Trinajstić information content (AvgIpc) is 1.38. The Morgan fingerprint density at radius 3 is 2.00 bits per heavy atom. The van der Waals surface area contributed by atoms with Gasteiger partial charge in [-0.05, 0) is 12.6 Å². The van der Waals surface area contributed by atoms with E-state index in [1.165, 1.54) is 0 Å². The Kier molecular flexibility index (Phi) is 2.01. The molecule has 3 heteroatoms. The van der Waals surface area contributed by atoms with Crippen LogP contribution in [-0.4, -0.2) is 0 Å². The van der Waals surface area contributed by atoms with Crippen molar-refractivity contribution < 1.29 is 8.78 Å². The van der Waals surface area contributed by atoms with Gasteiger partial charge in [-0.2, -0.15) is 4.39 Å². The second-order valence-corrected chi connectivity index (χ2v) is 0.803. The SMILES string of the molecule is FC=C(F)[S]. The van der Waals surface area contributed by atoms with E-state index in [4.69, 9.17) is 0 Å². The minimum atomic E-state index is -1.20. The van der Waals surface area contributed by atoms with Gasteiger partial charge in [0, 0.05) is 0 Å². The van der Waals surface area contributed by atoms with Gasteiger partial charge in [-0.25, -0.2) is 4.39 Å². The first kappa shape index (κ1) is 4.82. The molecule has 0 rings (SSSR count). The molecule has 0 aliphatic heterocycles. The Bertz CT molecular complexity index is 45.6. The zero-order chi connectivity index (χ0) is 4.28. The number of hydrogen-bond donors (Lipinski definition) is 0. The second kappa shape index (κ2) is 2.08. The van der Waals surface area contributed by atoms with Gasteiger partial charge in [0.15, 0.2) is 0 Å². The summed E-state index contributed by atoms with van der Waals surface area (Å²) in [5, 5.41) is -1.20. The molecule has 0 saturated carbocycles. The van der Waals surface area contributed by atoms with Crippen LogP contribution in [0.15, 0.2) is 11.5 Å². The molecule has 0 nitrogen and oxygen atoms in total. The molecule has 0 fully saturated rings. The van der Waals surface area contributed by atoms with Gasteiger partial charge in [-0.1, -0.05) is 0 Å². The molecule has 0 aromatic carbocycles. The summed E-state index contributed by atoms with van der Waals surface area (Å²) in [4.78, 5) is 0. The summed E-state index contributed by atoms with van der Waals surface area (Å²) in [6.07, 6.45) is -0.269. The van der Waals surface area contributed by atoms with Crippen molar-refractivity contribution in [3.63, 3.8) is 0 Å². The predicted molar refractivity (Wildman–Crippen MR) is 17.9 cm³/mol. The maximum atomic E-state index is 10.7. The highest BCUT2D eigenvalue weighted by atomic mass is 32.1. The van der Waals surface area contributed by atoms with Gasteiger partial charge in [0.2, 0.25) is 5.16 Å². The molecule has 0 spiro atoms. The molecule has 1 radical (unpaired) electrons. The van der Waals surface area contributed by atoms with Crippen LogP contribution in [0.1, 0.15) is 0 Å². The Balaban J connectivity index is 3.14. The van der Waals surface area contributed by atoms with Gasteiger partial charge in [0.1, 0.15) is 6.33 Å². The van der Waals surface area contributed by atoms with Crippen molar-refractivity contribution in [2.75, 3.05) is 0 Å². The Hall–Kier alpha value is -0.180. The molecule has 0 atom stereocenters. The maximum absolute atomic E-state index is 10.7. The highest BCUT2D eigenvalue weighted by molar-refractivity contribution is 7.84. The summed E-state index contributed by atoms with van der Waals surface area (Å²) in [7, 11) is 0. The van der Waals surface area contributed by atoms with Gasteiger partial charge >= 0.3 is 0 Å². The molecule has 0 aliphatic carbocycles. The first-order valence-electron chi connectivity index (χ1n) is 0.900. The van der Waals surface area contributed by atoms with Gasteiger partial charge in [-0.3, -0.25) is 0 Å². The van der Waals surface area contributed by atoms with Crippen molar-refractivity contribution in [2.24, 2.45) is 0 Å². The third-order valence-corrected chi connectivity index (χ3v) is 0.175. The standard InChI is InChI=1S/C2HF2S/c3-1-2(4)5/h1H. The first-order valence-corrected chi connectivity index (χ1v) is 1.31. The lowest BCUT2D eigenvalue weighted by molar-refractivity contribution is 0.632. The van der Waals surface area contributed by atoms with E-state index in [2.05, 4.69) is 12.6 Å². The number of hydrogen-bond acceptors (Lipinski definition) is 0. The van der Waals surface area contributed by atoms with Crippen LogP contribution in [0.4, 0.5) is 8.78 Å². The van der Waals surface area contributed by atoms with E-state index in [1.54, 1.807) is 0 Å². The minimum Gasteiger partial charge on any atom is -0.211 e. The molecule has 0 amide bonds. The normalized spacial score (nSPS) is 12.0.